The van der Waals surface area contributed by atoms with Crippen molar-refractivity contribution in [3.8, 4) is 11.5 Å². The van der Waals surface area contributed by atoms with E-state index in [1.165, 1.54) is 18.2 Å². The summed E-state index contributed by atoms with van der Waals surface area (Å²) in [4.78, 5) is 39.4. The van der Waals surface area contributed by atoms with Crippen molar-refractivity contribution >= 4 is 61.5 Å². The van der Waals surface area contributed by atoms with E-state index < -0.39 is 17.8 Å². The lowest BCUT2D eigenvalue weighted by Crippen LogP contribution is -2.54. The highest BCUT2D eigenvalue weighted by Gasteiger charge is 2.37. The highest BCUT2D eigenvalue weighted by atomic mass is 79.9. The lowest BCUT2D eigenvalue weighted by atomic mass is 10.1. The Balaban J connectivity index is 1.67. The molecule has 1 fully saturated rings. The average molecular weight is 632 g/mol. The van der Waals surface area contributed by atoms with Crippen LogP contribution < -0.4 is 19.7 Å². The van der Waals surface area contributed by atoms with Gasteiger partial charge < -0.3 is 9.47 Å². The van der Waals surface area contributed by atoms with Gasteiger partial charge in [-0.15, -0.1) is 0 Å². The fourth-order valence-corrected chi connectivity index (χ4v) is 4.33. The zero-order chi connectivity index (χ0) is 26.7. The van der Waals surface area contributed by atoms with Crippen LogP contribution in [0, 0.1) is 12.7 Å². The number of ether oxygens (including phenoxy) is 2. The van der Waals surface area contributed by atoms with Crippen LogP contribution in [0.3, 0.4) is 0 Å². The van der Waals surface area contributed by atoms with Crippen molar-refractivity contribution in [3.63, 3.8) is 0 Å². The lowest BCUT2D eigenvalue weighted by molar-refractivity contribution is -0.122. The number of aryl methyl sites for hydroxylation is 1. The molecule has 0 saturated carbocycles. The fourth-order valence-electron chi connectivity index (χ4n) is 3.65. The Morgan fingerprint density at radius 1 is 0.973 bits per heavy atom. The number of halogens is 3. The van der Waals surface area contributed by atoms with E-state index in [1.54, 1.807) is 49.4 Å². The van der Waals surface area contributed by atoms with Gasteiger partial charge in [0.15, 0.2) is 11.5 Å². The van der Waals surface area contributed by atoms with E-state index in [0.29, 0.717) is 39.4 Å². The number of carbonyl (C=O) groups is 3. The summed E-state index contributed by atoms with van der Waals surface area (Å²) in [6.07, 6.45) is 1.38. The summed E-state index contributed by atoms with van der Waals surface area (Å²) in [6.45, 7) is 4.07. The minimum absolute atomic E-state index is 0.106. The first-order valence-corrected chi connectivity index (χ1v) is 12.8. The van der Waals surface area contributed by atoms with Crippen molar-refractivity contribution in [1.29, 1.82) is 0 Å². The largest absolute Gasteiger partial charge is 0.490 e. The maximum Gasteiger partial charge on any atom is 0.335 e. The van der Waals surface area contributed by atoms with Crippen LogP contribution in [-0.4, -0.2) is 24.5 Å². The van der Waals surface area contributed by atoms with Crippen LogP contribution in [0.4, 0.5) is 14.9 Å². The third-order valence-corrected chi connectivity index (χ3v) is 7.02. The molecule has 37 heavy (non-hydrogen) atoms. The van der Waals surface area contributed by atoms with Gasteiger partial charge in [-0.05, 0) is 79.1 Å². The molecule has 0 spiro atoms. The number of hydrogen-bond acceptors (Lipinski definition) is 5. The van der Waals surface area contributed by atoms with Crippen molar-refractivity contribution in [2.24, 2.45) is 0 Å². The van der Waals surface area contributed by atoms with Crippen molar-refractivity contribution in [2.75, 3.05) is 11.5 Å². The van der Waals surface area contributed by atoms with E-state index in [-0.39, 0.29) is 18.0 Å². The molecule has 1 heterocycles. The third kappa shape index (κ3) is 5.91. The maximum absolute atomic E-state index is 13.5. The first-order chi connectivity index (χ1) is 17.7. The lowest BCUT2D eigenvalue weighted by Gasteiger charge is -2.27. The second-order valence-electron chi connectivity index (χ2n) is 8.06. The molecule has 1 saturated heterocycles. The highest BCUT2D eigenvalue weighted by molar-refractivity contribution is 9.10. The molecular weight excluding hydrogens is 611 g/mol. The van der Waals surface area contributed by atoms with Gasteiger partial charge in [0, 0.05) is 8.95 Å². The average Bonchev–Trinajstić information content (AvgIpc) is 2.84. The van der Waals surface area contributed by atoms with Gasteiger partial charge in [-0.25, -0.2) is 14.1 Å². The molecule has 0 bridgehead atoms. The van der Waals surface area contributed by atoms with E-state index in [1.807, 2.05) is 6.92 Å². The van der Waals surface area contributed by atoms with Crippen LogP contribution in [0.2, 0.25) is 0 Å². The van der Waals surface area contributed by atoms with Crippen LogP contribution in [0.25, 0.3) is 6.08 Å². The van der Waals surface area contributed by atoms with Gasteiger partial charge >= 0.3 is 6.03 Å². The summed E-state index contributed by atoms with van der Waals surface area (Å²) >= 11 is 6.85. The maximum atomic E-state index is 13.5. The number of carbonyl (C=O) groups excluding carboxylic acids is 3. The number of amides is 4. The molecule has 0 atom stereocenters. The first kappa shape index (κ1) is 26.6. The Kier molecular flexibility index (Phi) is 8.09. The molecule has 1 aliphatic heterocycles. The van der Waals surface area contributed by atoms with Crippen LogP contribution in [0.15, 0.2) is 69.1 Å². The molecule has 1 aliphatic rings. The molecule has 3 aromatic rings. The SMILES string of the molecule is CCOc1cc(/C=C2\C(=O)NC(=O)N(c3ccc(Br)c(C)c3)C2=O)c(Br)cc1OCc1cccc(F)c1. The van der Waals surface area contributed by atoms with E-state index in [4.69, 9.17) is 9.47 Å². The zero-order valence-corrected chi connectivity index (χ0v) is 23.0. The molecule has 4 amide bonds. The Morgan fingerprint density at radius 3 is 2.43 bits per heavy atom. The standard InChI is InChI=1S/C27H21Br2FN2O5/c1-3-36-23-12-17(22(29)13-24(23)37-14-16-5-4-6-18(30)10-16)11-20-25(33)31-27(35)32(26(20)34)19-7-8-21(28)15(2)9-19/h4-13H,3,14H2,1-2H3,(H,31,33,35)/b20-11+. The summed E-state index contributed by atoms with van der Waals surface area (Å²) in [6, 6.07) is 13.5. The van der Waals surface area contributed by atoms with Gasteiger partial charge in [0.25, 0.3) is 11.8 Å². The van der Waals surface area contributed by atoms with Gasteiger partial charge in [0.2, 0.25) is 0 Å². The Hall–Kier alpha value is -3.50. The van der Waals surface area contributed by atoms with E-state index in [0.717, 1.165) is 14.9 Å². The molecule has 4 rings (SSSR count). The second kappa shape index (κ2) is 11.3. The molecule has 1 N–H and O–H groups in total. The molecule has 10 heteroatoms. The van der Waals surface area contributed by atoms with Crippen LogP contribution >= 0.6 is 31.9 Å². The third-order valence-electron chi connectivity index (χ3n) is 5.45. The Bertz CT molecular complexity index is 1440. The van der Waals surface area contributed by atoms with Crippen LogP contribution in [0.1, 0.15) is 23.6 Å². The minimum Gasteiger partial charge on any atom is -0.490 e. The van der Waals surface area contributed by atoms with Gasteiger partial charge in [-0.2, -0.15) is 0 Å². The number of nitrogens with one attached hydrogen (secondary N) is 1. The molecule has 0 unspecified atom stereocenters. The smallest absolute Gasteiger partial charge is 0.335 e. The van der Waals surface area contributed by atoms with E-state index in [2.05, 4.69) is 37.2 Å². The van der Waals surface area contributed by atoms with Crippen molar-refractivity contribution < 1.29 is 28.2 Å². The van der Waals surface area contributed by atoms with Crippen molar-refractivity contribution in [2.45, 2.75) is 20.5 Å². The number of anilines is 1. The van der Waals surface area contributed by atoms with Crippen molar-refractivity contribution in [3.05, 3.63) is 91.6 Å². The molecule has 190 valence electrons. The first-order valence-electron chi connectivity index (χ1n) is 11.2. The van der Waals surface area contributed by atoms with Gasteiger partial charge in [-0.3, -0.25) is 14.9 Å². The summed E-state index contributed by atoms with van der Waals surface area (Å²) in [5.74, 6) is -1.17. The molecule has 3 aromatic carbocycles. The molecule has 0 aliphatic carbocycles. The number of urea groups is 1. The zero-order valence-electron chi connectivity index (χ0n) is 19.8. The van der Waals surface area contributed by atoms with Gasteiger partial charge in [0.05, 0.1) is 12.3 Å². The highest BCUT2D eigenvalue weighted by Crippen LogP contribution is 2.36. The monoisotopic (exact) mass is 630 g/mol. The molecule has 7 nitrogen and oxygen atoms in total. The topological polar surface area (TPSA) is 84.9 Å². The minimum atomic E-state index is -0.830. The number of hydrogen-bond donors (Lipinski definition) is 1. The summed E-state index contributed by atoms with van der Waals surface area (Å²) < 4.78 is 26.4. The molecule has 0 aromatic heterocycles. The van der Waals surface area contributed by atoms with Gasteiger partial charge in [-0.1, -0.05) is 44.0 Å². The number of rotatable bonds is 7. The Labute approximate surface area is 229 Å². The summed E-state index contributed by atoms with van der Waals surface area (Å²) in [5.41, 5.74) is 2.02. The number of barbiturate groups is 1. The predicted octanol–water partition coefficient (Wildman–Crippen LogP) is 6.30. The van der Waals surface area contributed by atoms with Crippen LogP contribution in [-0.2, 0) is 16.2 Å². The van der Waals surface area contributed by atoms with Crippen molar-refractivity contribution in [1.82, 2.24) is 5.32 Å². The normalized spacial score (nSPS) is 14.7. The number of imide groups is 2. The van der Waals surface area contributed by atoms with E-state index in [9.17, 15) is 18.8 Å². The van der Waals surface area contributed by atoms with E-state index >= 15 is 0 Å². The quantitative estimate of drug-likeness (QED) is 0.244. The number of nitrogens with zero attached hydrogens (tertiary/aromatic N) is 1. The summed E-state index contributed by atoms with van der Waals surface area (Å²) in [7, 11) is 0. The van der Waals surface area contributed by atoms with Crippen LogP contribution in [0.5, 0.6) is 11.5 Å². The summed E-state index contributed by atoms with van der Waals surface area (Å²) in [5, 5.41) is 2.22. The fraction of sp³-hybridized carbons (Fsp3) is 0.148. The number of benzene rings is 3. The second-order valence-corrected chi connectivity index (χ2v) is 9.77. The molecular formula is C27H21Br2FN2O5. The molecule has 0 radical (unpaired) electrons. The van der Waals surface area contributed by atoms with Gasteiger partial charge in [0.1, 0.15) is 18.0 Å². The predicted molar refractivity (Wildman–Crippen MR) is 144 cm³/mol. The Morgan fingerprint density at radius 2 is 1.73 bits per heavy atom.